The third-order valence-corrected chi connectivity index (χ3v) is 5.81. The molecule has 0 saturated carbocycles. The lowest BCUT2D eigenvalue weighted by molar-refractivity contribution is -0.141. The number of amides is 2. The van der Waals surface area contributed by atoms with Crippen LogP contribution in [0.2, 0.25) is 5.02 Å². The number of rotatable bonds is 9. The first-order valence-corrected chi connectivity index (χ1v) is 11.6. The highest BCUT2D eigenvalue weighted by Crippen LogP contribution is 2.21. The van der Waals surface area contributed by atoms with Gasteiger partial charge in [0.25, 0.3) is 0 Å². The number of carbonyl (C=O) groups excluding carboxylic acids is 2. The second-order valence-corrected chi connectivity index (χ2v) is 9.05. The third kappa shape index (κ3) is 7.19. The average molecular weight is 463 g/mol. The maximum atomic E-state index is 13.7. The van der Waals surface area contributed by atoms with Crippen LogP contribution >= 0.6 is 11.6 Å². The van der Waals surface area contributed by atoms with E-state index in [0.29, 0.717) is 11.4 Å². The predicted molar refractivity (Wildman–Crippen MR) is 134 cm³/mol. The summed E-state index contributed by atoms with van der Waals surface area (Å²) >= 11 is 6.44. The van der Waals surface area contributed by atoms with E-state index in [1.807, 2.05) is 93.6 Å². The molecule has 0 bridgehead atoms. The summed E-state index contributed by atoms with van der Waals surface area (Å²) in [5.74, 6) is -0.279. The maximum Gasteiger partial charge on any atom is 0.243 e. The molecule has 0 aliphatic rings. The van der Waals surface area contributed by atoms with Gasteiger partial charge < -0.3 is 10.2 Å². The Morgan fingerprint density at radius 1 is 0.909 bits per heavy atom. The van der Waals surface area contributed by atoms with Crippen molar-refractivity contribution in [2.75, 3.05) is 0 Å². The first kappa shape index (κ1) is 24.5. The first-order valence-electron chi connectivity index (χ1n) is 11.3. The summed E-state index contributed by atoms with van der Waals surface area (Å²) in [4.78, 5) is 28.7. The van der Waals surface area contributed by atoms with Crippen molar-refractivity contribution in [1.82, 2.24) is 10.2 Å². The molecular formula is C28H31ClN2O2. The fourth-order valence-electron chi connectivity index (χ4n) is 3.84. The lowest BCUT2D eigenvalue weighted by Gasteiger charge is -2.32. The van der Waals surface area contributed by atoms with E-state index in [1.165, 1.54) is 0 Å². The number of halogens is 1. The van der Waals surface area contributed by atoms with Gasteiger partial charge in [-0.1, -0.05) is 90.0 Å². The first-order chi connectivity index (χ1) is 15.8. The van der Waals surface area contributed by atoms with E-state index in [0.717, 1.165) is 22.3 Å². The Morgan fingerprint density at radius 3 is 2.24 bits per heavy atom. The van der Waals surface area contributed by atoms with Gasteiger partial charge in [0.1, 0.15) is 6.04 Å². The molecule has 33 heavy (non-hydrogen) atoms. The van der Waals surface area contributed by atoms with Crippen molar-refractivity contribution in [3.05, 3.63) is 106 Å². The number of hydrogen-bond acceptors (Lipinski definition) is 2. The molecule has 4 nitrogen and oxygen atoms in total. The SMILES string of the molecule is Cc1cccc(CC(=O)N(Cc2ccccc2Cl)[C@@H](Cc2ccccc2)C(=O)NC(C)C)c1. The minimum absolute atomic E-state index is 0.0372. The molecule has 3 rings (SSSR count). The molecule has 3 aromatic carbocycles. The molecule has 0 fully saturated rings. The fraction of sp³-hybridized carbons (Fsp3) is 0.286. The maximum absolute atomic E-state index is 13.7. The molecule has 2 amide bonds. The van der Waals surface area contributed by atoms with Gasteiger partial charge >= 0.3 is 0 Å². The van der Waals surface area contributed by atoms with Gasteiger partial charge in [0, 0.05) is 24.0 Å². The zero-order valence-electron chi connectivity index (χ0n) is 19.4. The number of nitrogens with one attached hydrogen (secondary N) is 1. The van der Waals surface area contributed by atoms with Crippen LogP contribution in [0.5, 0.6) is 0 Å². The van der Waals surface area contributed by atoms with Crippen LogP contribution in [0.4, 0.5) is 0 Å². The standard InChI is InChI=1S/C28H31ClN2O2/c1-20(2)30-28(33)26(17-22-11-5-4-6-12-22)31(19-24-14-7-8-15-25(24)29)27(32)18-23-13-9-10-21(3)16-23/h4-16,20,26H,17-19H2,1-3H3,(H,30,33)/t26-/m0/s1. The normalized spacial score (nSPS) is 11.8. The molecule has 0 radical (unpaired) electrons. The Labute approximate surface area is 201 Å². The summed E-state index contributed by atoms with van der Waals surface area (Å²) in [5, 5.41) is 3.58. The van der Waals surface area contributed by atoms with Crippen LogP contribution in [-0.2, 0) is 29.0 Å². The van der Waals surface area contributed by atoms with E-state index in [9.17, 15) is 9.59 Å². The zero-order chi connectivity index (χ0) is 23.8. The molecule has 1 N–H and O–H groups in total. The predicted octanol–water partition coefficient (Wildman–Crippen LogP) is 5.36. The number of nitrogens with zero attached hydrogens (tertiary/aromatic N) is 1. The van der Waals surface area contributed by atoms with Gasteiger partial charge in [0.05, 0.1) is 6.42 Å². The summed E-state index contributed by atoms with van der Waals surface area (Å²) in [6, 6.07) is 24.4. The third-order valence-electron chi connectivity index (χ3n) is 5.44. The zero-order valence-corrected chi connectivity index (χ0v) is 20.2. The van der Waals surface area contributed by atoms with E-state index in [2.05, 4.69) is 5.32 Å². The topological polar surface area (TPSA) is 49.4 Å². The Hall–Kier alpha value is -3.11. The Kier molecular flexibility index (Phi) is 8.67. The quantitative estimate of drug-likeness (QED) is 0.465. The highest BCUT2D eigenvalue weighted by Gasteiger charge is 2.31. The second-order valence-electron chi connectivity index (χ2n) is 8.65. The van der Waals surface area contributed by atoms with Crippen molar-refractivity contribution in [3.63, 3.8) is 0 Å². The Balaban J connectivity index is 1.98. The number of benzene rings is 3. The van der Waals surface area contributed by atoms with Crippen molar-refractivity contribution >= 4 is 23.4 Å². The minimum atomic E-state index is -0.664. The molecule has 0 aliphatic carbocycles. The molecule has 0 spiro atoms. The van der Waals surface area contributed by atoms with Gasteiger partial charge in [-0.05, 0) is 43.5 Å². The molecule has 0 saturated heterocycles. The van der Waals surface area contributed by atoms with Crippen molar-refractivity contribution in [3.8, 4) is 0 Å². The van der Waals surface area contributed by atoms with Crippen molar-refractivity contribution in [2.24, 2.45) is 0 Å². The van der Waals surface area contributed by atoms with E-state index in [1.54, 1.807) is 11.0 Å². The summed E-state index contributed by atoms with van der Waals surface area (Å²) < 4.78 is 0. The number of aryl methyl sites for hydroxylation is 1. The molecule has 0 heterocycles. The van der Waals surface area contributed by atoms with Crippen LogP contribution in [0.15, 0.2) is 78.9 Å². The number of hydrogen-bond donors (Lipinski definition) is 1. The van der Waals surface area contributed by atoms with E-state index < -0.39 is 6.04 Å². The minimum Gasteiger partial charge on any atom is -0.352 e. The molecule has 5 heteroatoms. The van der Waals surface area contributed by atoms with Crippen molar-refractivity contribution in [2.45, 2.75) is 52.2 Å². The van der Waals surface area contributed by atoms with Crippen LogP contribution in [0.25, 0.3) is 0 Å². The highest BCUT2D eigenvalue weighted by molar-refractivity contribution is 6.31. The van der Waals surface area contributed by atoms with Gasteiger partial charge in [0.2, 0.25) is 11.8 Å². The Morgan fingerprint density at radius 2 is 1.58 bits per heavy atom. The molecule has 1 atom stereocenters. The monoisotopic (exact) mass is 462 g/mol. The lowest BCUT2D eigenvalue weighted by Crippen LogP contribution is -2.52. The van der Waals surface area contributed by atoms with Gasteiger partial charge in [-0.15, -0.1) is 0 Å². The van der Waals surface area contributed by atoms with Crippen LogP contribution in [0.1, 0.15) is 36.1 Å². The fourth-order valence-corrected chi connectivity index (χ4v) is 4.04. The molecule has 3 aromatic rings. The lowest BCUT2D eigenvalue weighted by atomic mass is 10.0. The average Bonchev–Trinajstić information content (AvgIpc) is 2.77. The largest absolute Gasteiger partial charge is 0.352 e. The van der Waals surface area contributed by atoms with E-state index in [-0.39, 0.29) is 30.8 Å². The number of carbonyl (C=O) groups is 2. The molecule has 0 aromatic heterocycles. The van der Waals surface area contributed by atoms with Crippen LogP contribution in [0.3, 0.4) is 0 Å². The van der Waals surface area contributed by atoms with Crippen LogP contribution in [-0.4, -0.2) is 28.8 Å². The van der Waals surface area contributed by atoms with Gasteiger partial charge in [-0.25, -0.2) is 0 Å². The molecule has 0 aliphatic heterocycles. The van der Waals surface area contributed by atoms with Gasteiger partial charge in [-0.2, -0.15) is 0 Å². The van der Waals surface area contributed by atoms with Crippen LogP contribution < -0.4 is 5.32 Å². The highest BCUT2D eigenvalue weighted by atomic mass is 35.5. The summed E-state index contributed by atoms with van der Waals surface area (Å²) in [6.07, 6.45) is 0.635. The van der Waals surface area contributed by atoms with E-state index >= 15 is 0 Å². The van der Waals surface area contributed by atoms with E-state index in [4.69, 9.17) is 11.6 Å². The Bertz CT molecular complexity index is 1080. The molecule has 0 unspecified atom stereocenters. The smallest absolute Gasteiger partial charge is 0.243 e. The molecule has 172 valence electrons. The summed E-state index contributed by atoms with van der Waals surface area (Å²) in [5.41, 5.74) is 3.82. The van der Waals surface area contributed by atoms with Crippen molar-refractivity contribution < 1.29 is 9.59 Å². The van der Waals surface area contributed by atoms with Gasteiger partial charge in [-0.3, -0.25) is 9.59 Å². The van der Waals surface area contributed by atoms with Crippen molar-refractivity contribution in [1.29, 1.82) is 0 Å². The van der Waals surface area contributed by atoms with Crippen LogP contribution in [0, 0.1) is 6.92 Å². The van der Waals surface area contributed by atoms with Gasteiger partial charge in [0.15, 0.2) is 0 Å². The molecular weight excluding hydrogens is 432 g/mol. The summed E-state index contributed by atoms with van der Waals surface area (Å²) in [7, 11) is 0. The second kappa shape index (κ2) is 11.7. The summed E-state index contributed by atoms with van der Waals surface area (Å²) in [6.45, 7) is 6.10.